The molecule has 1 amide bonds. The number of methoxy groups -OCH3 is 1. The van der Waals surface area contributed by atoms with Crippen LogP contribution in [-0.2, 0) is 4.79 Å². The molecule has 2 aromatic rings. The van der Waals surface area contributed by atoms with Crippen molar-refractivity contribution in [3.63, 3.8) is 0 Å². The number of thioether (sulfide) groups is 1. The SMILES string of the molecule is COc1cc(/C=C2/SC(=S)N(c3ccccc3)C2=O)ccc1OC(C)C. The molecule has 3 rings (SSSR count). The van der Waals surface area contributed by atoms with Gasteiger partial charge in [0.15, 0.2) is 15.8 Å². The summed E-state index contributed by atoms with van der Waals surface area (Å²) < 4.78 is 11.7. The zero-order valence-corrected chi connectivity index (χ0v) is 16.4. The van der Waals surface area contributed by atoms with Gasteiger partial charge in [-0.15, -0.1) is 0 Å². The third-order valence-corrected chi connectivity index (χ3v) is 4.96. The van der Waals surface area contributed by atoms with Gasteiger partial charge in [0, 0.05) is 0 Å². The summed E-state index contributed by atoms with van der Waals surface area (Å²) >= 11 is 6.69. The standard InChI is InChI=1S/C20H19NO3S2/c1-13(2)24-16-10-9-14(11-17(16)23-3)12-18-19(22)21(20(25)26-18)15-7-5-4-6-8-15/h4-13H,1-3H3/b18-12+. The van der Waals surface area contributed by atoms with Crippen LogP contribution in [0.4, 0.5) is 5.69 Å². The summed E-state index contributed by atoms with van der Waals surface area (Å²) in [4.78, 5) is 14.9. The lowest BCUT2D eigenvalue weighted by Gasteiger charge is -2.14. The Morgan fingerprint density at radius 1 is 1.12 bits per heavy atom. The molecule has 6 heteroatoms. The Hall–Kier alpha value is -2.31. The number of anilines is 1. The lowest BCUT2D eigenvalue weighted by atomic mass is 10.1. The lowest BCUT2D eigenvalue weighted by Crippen LogP contribution is -2.27. The predicted octanol–water partition coefficient (Wildman–Crippen LogP) is 4.89. The summed E-state index contributed by atoms with van der Waals surface area (Å²) in [6, 6.07) is 15.0. The maximum atomic E-state index is 12.8. The number of carbonyl (C=O) groups is 1. The Bertz CT molecular complexity index is 863. The van der Waals surface area contributed by atoms with E-state index in [1.807, 2.05) is 68.5 Å². The molecule has 0 N–H and O–H groups in total. The first-order valence-electron chi connectivity index (χ1n) is 8.17. The Kier molecular flexibility index (Phi) is 5.64. The van der Waals surface area contributed by atoms with Gasteiger partial charge in [0.1, 0.15) is 0 Å². The van der Waals surface area contributed by atoms with Gasteiger partial charge >= 0.3 is 0 Å². The molecule has 1 heterocycles. The van der Waals surface area contributed by atoms with E-state index in [2.05, 4.69) is 0 Å². The number of hydrogen-bond donors (Lipinski definition) is 0. The minimum absolute atomic E-state index is 0.0527. The van der Waals surface area contributed by atoms with Gasteiger partial charge in [0.2, 0.25) is 0 Å². The molecular weight excluding hydrogens is 366 g/mol. The fourth-order valence-electron chi connectivity index (χ4n) is 2.54. The summed E-state index contributed by atoms with van der Waals surface area (Å²) in [5.74, 6) is 1.19. The molecule has 0 spiro atoms. The maximum absolute atomic E-state index is 12.8. The van der Waals surface area contributed by atoms with Crippen LogP contribution in [0.5, 0.6) is 11.5 Å². The molecule has 1 fully saturated rings. The van der Waals surface area contributed by atoms with Crippen molar-refractivity contribution in [1.82, 2.24) is 0 Å². The zero-order chi connectivity index (χ0) is 18.7. The first-order chi connectivity index (χ1) is 12.5. The first-order valence-corrected chi connectivity index (χ1v) is 9.40. The van der Waals surface area contributed by atoms with E-state index in [0.717, 1.165) is 11.3 Å². The topological polar surface area (TPSA) is 38.8 Å². The quantitative estimate of drug-likeness (QED) is 0.541. The smallest absolute Gasteiger partial charge is 0.270 e. The molecule has 2 aromatic carbocycles. The van der Waals surface area contributed by atoms with Gasteiger partial charge in [-0.3, -0.25) is 9.69 Å². The number of ether oxygens (including phenoxy) is 2. The number of rotatable bonds is 5. The number of para-hydroxylation sites is 1. The highest BCUT2D eigenvalue weighted by Gasteiger charge is 2.33. The highest BCUT2D eigenvalue weighted by atomic mass is 32.2. The molecule has 0 unspecified atom stereocenters. The summed E-state index contributed by atoms with van der Waals surface area (Å²) in [7, 11) is 1.60. The number of hydrogen-bond acceptors (Lipinski definition) is 5. The molecule has 1 aliphatic heterocycles. The van der Waals surface area contributed by atoms with Crippen molar-refractivity contribution in [3.8, 4) is 11.5 Å². The van der Waals surface area contributed by atoms with Gasteiger partial charge in [-0.25, -0.2) is 0 Å². The van der Waals surface area contributed by atoms with Crippen molar-refractivity contribution in [3.05, 3.63) is 59.0 Å². The monoisotopic (exact) mass is 385 g/mol. The zero-order valence-electron chi connectivity index (χ0n) is 14.8. The van der Waals surface area contributed by atoms with Crippen LogP contribution in [-0.4, -0.2) is 23.4 Å². The predicted molar refractivity (Wildman–Crippen MR) is 111 cm³/mol. The second kappa shape index (κ2) is 7.93. The van der Waals surface area contributed by atoms with Gasteiger partial charge in [-0.2, -0.15) is 0 Å². The van der Waals surface area contributed by atoms with E-state index >= 15 is 0 Å². The van der Waals surface area contributed by atoms with Gasteiger partial charge in [0.05, 0.1) is 23.8 Å². The average molecular weight is 386 g/mol. The molecule has 134 valence electrons. The van der Waals surface area contributed by atoms with Crippen LogP contribution < -0.4 is 14.4 Å². The molecular formula is C20H19NO3S2. The third kappa shape index (κ3) is 3.92. The average Bonchev–Trinajstić information content (AvgIpc) is 2.90. The molecule has 0 radical (unpaired) electrons. The van der Waals surface area contributed by atoms with Gasteiger partial charge in [-0.05, 0) is 49.8 Å². The number of benzene rings is 2. The van der Waals surface area contributed by atoms with Crippen LogP contribution in [0.25, 0.3) is 6.08 Å². The fraction of sp³-hybridized carbons (Fsp3) is 0.200. The van der Waals surface area contributed by atoms with Gasteiger partial charge in [0.25, 0.3) is 5.91 Å². The van der Waals surface area contributed by atoms with E-state index in [9.17, 15) is 4.79 Å². The summed E-state index contributed by atoms with van der Waals surface area (Å²) in [6.07, 6.45) is 1.88. The molecule has 4 nitrogen and oxygen atoms in total. The van der Waals surface area contributed by atoms with E-state index in [1.54, 1.807) is 12.0 Å². The minimum atomic E-state index is -0.118. The highest BCUT2D eigenvalue weighted by Crippen LogP contribution is 2.37. The van der Waals surface area contributed by atoms with E-state index < -0.39 is 0 Å². The first kappa shape index (κ1) is 18.5. The highest BCUT2D eigenvalue weighted by molar-refractivity contribution is 8.27. The van der Waals surface area contributed by atoms with E-state index in [1.165, 1.54) is 11.8 Å². The molecule has 0 aromatic heterocycles. The van der Waals surface area contributed by atoms with Crippen LogP contribution in [0.3, 0.4) is 0 Å². The van der Waals surface area contributed by atoms with Crippen LogP contribution in [0, 0.1) is 0 Å². The maximum Gasteiger partial charge on any atom is 0.270 e. The Labute approximate surface area is 162 Å². The molecule has 0 saturated carbocycles. The number of thiocarbonyl (C=S) groups is 1. The van der Waals surface area contributed by atoms with Crippen molar-refractivity contribution in [2.24, 2.45) is 0 Å². The van der Waals surface area contributed by atoms with Crippen molar-refractivity contribution >= 4 is 46.0 Å². The largest absolute Gasteiger partial charge is 0.493 e. The van der Waals surface area contributed by atoms with Crippen LogP contribution in [0.15, 0.2) is 53.4 Å². The summed E-state index contributed by atoms with van der Waals surface area (Å²) in [6.45, 7) is 3.92. The number of carbonyl (C=O) groups excluding carboxylic acids is 1. The second-order valence-electron chi connectivity index (χ2n) is 5.93. The van der Waals surface area contributed by atoms with Crippen molar-refractivity contribution in [2.45, 2.75) is 20.0 Å². The molecule has 0 bridgehead atoms. The number of nitrogens with zero attached hydrogens (tertiary/aromatic N) is 1. The van der Waals surface area contributed by atoms with E-state index in [4.69, 9.17) is 21.7 Å². The van der Waals surface area contributed by atoms with Crippen molar-refractivity contribution in [1.29, 1.82) is 0 Å². The second-order valence-corrected chi connectivity index (χ2v) is 7.61. The normalized spacial score (nSPS) is 15.8. The van der Waals surface area contributed by atoms with Crippen molar-refractivity contribution < 1.29 is 14.3 Å². The molecule has 1 aliphatic rings. The Morgan fingerprint density at radius 3 is 2.50 bits per heavy atom. The molecule has 26 heavy (non-hydrogen) atoms. The Balaban J connectivity index is 1.89. The third-order valence-electron chi connectivity index (χ3n) is 3.66. The number of amides is 1. The van der Waals surface area contributed by atoms with Crippen LogP contribution in [0.1, 0.15) is 19.4 Å². The minimum Gasteiger partial charge on any atom is -0.493 e. The Morgan fingerprint density at radius 2 is 1.85 bits per heavy atom. The molecule has 0 atom stereocenters. The fourth-order valence-corrected chi connectivity index (χ4v) is 3.84. The molecule has 1 saturated heterocycles. The summed E-state index contributed by atoms with van der Waals surface area (Å²) in [5.41, 5.74) is 1.63. The van der Waals surface area contributed by atoms with Crippen LogP contribution >= 0.6 is 24.0 Å². The van der Waals surface area contributed by atoms with Crippen molar-refractivity contribution in [2.75, 3.05) is 12.0 Å². The van der Waals surface area contributed by atoms with Gasteiger partial charge < -0.3 is 9.47 Å². The summed E-state index contributed by atoms with van der Waals surface area (Å²) in [5, 5.41) is 0. The van der Waals surface area contributed by atoms with Gasteiger partial charge in [-0.1, -0.05) is 48.2 Å². The van der Waals surface area contributed by atoms with Crippen LogP contribution in [0.2, 0.25) is 0 Å². The molecule has 0 aliphatic carbocycles. The van der Waals surface area contributed by atoms with E-state index in [-0.39, 0.29) is 12.0 Å². The lowest BCUT2D eigenvalue weighted by molar-refractivity contribution is -0.113. The van der Waals surface area contributed by atoms with E-state index in [0.29, 0.717) is 20.7 Å².